The summed E-state index contributed by atoms with van der Waals surface area (Å²) < 4.78 is 5.12. The zero-order valence-electron chi connectivity index (χ0n) is 16.8. The lowest BCUT2D eigenvalue weighted by atomic mass is 10.1. The molecule has 28 heavy (non-hydrogen) atoms. The predicted octanol–water partition coefficient (Wildman–Crippen LogP) is 2.58. The molecule has 0 aliphatic heterocycles. The van der Waals surface area contributed by atoms with Crippen LogP contribution in [0.5, 0.6) is 0 Å². The molecule has 0 radical (unpaired) electrons. The highest BCUT2D eigenvalue weighted by Crippen LogP contribution is 2.15. The minimum Gasteiger partial charge on any atom is -0.380 e. The van der Waals surface area contributed by atoms with Crippen LogP contribution in [-0.2, 0) is 33.9 Å². The molecule has 150 valence electrons. The van der Waals surface area contributed by atoms with Crippen LogP contribution in [0.3, 0.4) is 0 Å². The van der Waals surface area contributed by atoms with Gasteiger partial charge in [-0.1, -0.05) is 49.4 Å². The Morgan fingerprint density at radius 2 is 1.71 bits per heavy atom. The highest BCUT2D eigenvalue weighted by Gasteiger charge is 2.12. The van der Waals surface area contributed by atoms with E-state index in [4.69, 9.17) is 4.74 Å². The van der Waals surface area contributed by atoms with Gasteiger partial charge in [-0.15, -0.1) is 0 Å². The van der Waals surface area contributed by atoms with Crippen molar-refractivity contribution in [2.75, 3.05) is 32.6 Å². The van der Waals surface area contributed by atoms with E-state index >= 15 is 0 Å². The van der Waals surface area contributed by atoms with Crippen LogP contribution in [0.1, 0.15) is 23.6 Å². The molecule has 0 atom stereocenters. The summed E-state index contributed by atoms with van der Waals surface area (Å²) >= 11 is 0. The van der Waals surface area contributed by atoms with Crippen LogP contribution >= 0.6 is 0 Å². The van der Waals surface area contributed by atoms with Crippen LogP contribution in [0, 0.1) is 0 Å². The van der Waals surface area contributed by atoms with Crippen molar-refractivity contribution in [3.8, 4) is 0 Å². The molecule has 0 fully saturated rings. The summed E-state index contributed by atoms with van der Waals surface area (Å²) in [5.74, 6) is -0.259. The van der Waals surface area contributed by atoms with Crippen LogP contribution in [0.2, 0.25) is 0 Å². The van der Waals surface area contributed by atoms with Crippen molar-refractivity contribution in [2.45, 2.75) is 26.5 Å². The number of nitrogens with zero attached hydrogens (tertiary/aromatic N) is 1. The maximum Gasteiger partial charge on any atom is 0.238 e. The van der Waals surface area contributed by atoms with Crippen molar-refractivity contribution in [1.82, 2.24) is 10.2 Å². The summed E-state index contributed by atoms with van der Waals surface area (Å²) in [7, 11) is 3.41. The molecule has 6 heteroatoms. The lowest BCUT2D eigenvalue weighted by Crippen LogP contribution is -2.38. The Labute approximate surface area is 166 Å². The van der Waals surface area contributed by atoms with E-state index in [1.165, 1.54) is 0 Å². The van der Waals surface area contributed by atoms with Crippen LogP contribution in [-0.4, -0.2) is 44.0 Å². The summed E-state index contributed by atoms with van der Waals surface area (Å²) in [6.45, 7) is 3.34. The third-order valence-corrected chi connectivity index (χ3v) is 4.29. The van der Waals surface area contributed by atoms with Gasteiger partial charge in [0.1, 0.15) is 0 Å². The van der Waals surface area contributed by atoms with Crippen molar-refractivity contribution in [2.24, 2.45) is 0 Å². The first kappa shape index (κ1) is 21.6. The smallest absolute Gasteiger partial charge is 0.238 e. The number of methoxy groups -OCH3 is 1. The molecule has 0 saturated carbocycles. The minimum atomic E-state index is -0.136. The van der Waals surface area contributed by atoms with E-state index in [1.807, 2.05) is 55.5 Å². The van der Waals surface area contributed by atoms with Gasteiger partial charge in [-0.2, -0.15) is 0 Å². The average Bonchev–Trinajstić information content (AvgIpc) is 2.67. The Bertz CT molecular complexity index is 792. The van der Waals surface area contributed by atoms with Gasteiger partial charge < -0.3 is 15.4 Å². The topological polar surface area (TPSA) is 70.7 Å². The summed E-state index contributed by atoms with van der Waals surface area (Å²) in [5, 5.41) is 5.80. The molecule has 2 aromatic carbocycles. The van der Waals surface area contributed by atoms with E-state index in [0.717, 1.165) is 28.8 Å². The maximum atomic E-state index is 12.3. The molecule has 6 nitrogen and oxygen atoms in total. The third kappa shape index (κ3) is 7.13. The fraction of sp³-hybridized carbons (Fsp3) is 0.364. The quantitative estimate of drug-likeness (QED) is 0.662. The first-order valence-electron chi connectivity index (χ1n) is 9.41. The molecule has 2 rings (SSSR count). The van der Waals surface area contributed by atoms with Crippen molar-refractivity contribution in [3.05, 3.63) is 65.2 Å². The number of carbonyl (C=O) groups is 2. The van der Waals surface area contributed by atoms with Crippen molar-refractivity contribution >= 4 is 17.5 Å². The van der Waals surface area contributed by atoms with Gasteiger partial charge in [0.25, 0.3) is 0 Å². The number of hydrogen-bond donors (Lipinski definition) is 2. The predicted molar refractivity (Wildman–Crippen MR) is 111 cm³/mol. The monoisotopic (exact) mass is 383 g/mol. The summed E-state index contributed by atoms with van der Waals surface area (Å²) in [5.41, 5.74) is 3.99. The van der Waals surface area contributed by atoms with Gasteiger partial charge in [-0.25, -0.2) is 0 Å². The van der Waals surface area contributed by atoms with Crippen LogP contribution in [0.4, 0.5) is 5.69 Å². The highest BCUT2D eigenvalue weighted by atomic mass is 16.5. The Kier molecular flexibility index (Phi) is 8.65. The first-order chi connectivity index (χ1) is 13.5. The number of amides is 2. The molecular weight excluding hydrogens is 354 g/mol. The Balaban J connectivity index is 1.77. The number of likely N-dealkylation sites (N-methyl/N-ethyl adjacent to an activating group) is 1. The molecule has 2 N–H and O–H groups in total. The number of rotatable bonds is 10. The van der Waals surface area contributed by atoms with Gasteiger partial charge in [-0.3, -0.25) is 14.5 Å². The fourth-order valence-corrected chi connectivity index (χ4v) is 2.94. The number of aryl methyl sites for hydroxylation is 1. The van der Waals surface area contributed by atoms with E-state index in [9.17, 15) is 9.59 Å². The molecule has 2 aromatic rings. The molecule has 0 heterocycles. The summed E-state index contributed by atoms with van der Waals surface area (Å²) in [6.07, 6.45) is 0.847. The fourth-order valence-electron chi connectivity index (χ4n) is 2.94. The summed E-state index contributed by atoms with van der Waals surface area (Å²) in [6, 6.07) is 15.6. The standard InChI is InChI=1S/C22H29N3O3/c1-4-19-10-5-6-11-20(19)24-22(27)15-25(2)14-21(26)23-13-17-8-7-9-18(12-17)16-28-3/h5-12H,4,13-16H2,1-3H3,(H,23,26)(H,24,27). The molecule has 0 aliphatic rings. The highest BCUT2D eigenvalue weighted by molar-refractivity contribution is 5.93. The molecule has 0 saturated heterocycles. The van der Waals surface area contributed by atoms with Crippen LogP contribution in [0.25, 0.3) is 0 Å². The largest absolute Gasteiger partial charge is 0.380 e. The Hall–Kier alpha value is -2.70. The lowest BCUT2D eigenvalue weighted by Gasteiger charge is -2.17. The van der Waals surface area contributed by atoms with E-state index in [2.05, 4.69) is 10.6 Å². The molecule has 0 aromatic heterocycles. The van der Waals surface area contributed by atoms with E-state index in [1.54, 1.807) is 19.1 Å². The molecule has 0 unspecified atom stereocenters. The number of anilines is 1. The number of ether oxygens (including phenoxy) is 1. The normalized spacial score (nSPS) is 10.7. The number of hydrogen-bond acceptors (Lipinski definition) is 4. The van der Waals surface area contributed by atoms with Crippen molar-refractivity contribution < 1.29 is 14.3 Å². The first-order valence-corrected chi connectivity index (χ1v) is 9.41. The van der Waals surface area contributed by atoms with Crippen LogP contribution < -0.4 is 10.6 Å². The van der Waals surface area contributed by atoms with Gasteiger partial charge in [-0.05, 0) is 36.2 Å². The third-order valence-electron chi connectivity index (χ3n) is 4.29. The molecule has 0 aliphatic carbocycles. The molecule has 0 bridgehead atoms. The van der Waals surface area contributed by atoms with Gasteiger partial charge in [0.2, 0.25) is 11.8 Å². The van der Waals surface area contributed by atoms with Gasteiger partial charge in [0, 0.05) is 19.3 Å². The zero-order chi connectivity index (χ0) is 20.4. The second kappa shape index (κ2) is 11.2. The van der Waals surface area contributed by atoms with Crippen molar-refractivity contribution in [1.29, 1.82) is 0 Å². The second-order valence-electron chi connectivity index (χ2n) is 6.76. The van der Waals surface area contributed by atoms with Gasteiger partial charge in [0.15, 0.2) is 0 Å². The van der Waals surface area contributed by atoms with Gasteiger partial charge in [0.05, 0.1) is 19.7 Å². The second-order valence-corrected chi connectivity index (χ2v) is 6.76. The molecule has 2 amide bonds. The summed E-state index contributed by atoms with van der Waals surface area (Å²) in [4.78, 5) is 26.1. The SMILES string of the molecule is CCc1ccccc1NC(=O)CN(C)CC(=O)NCc1cccc(COC)c1. The van der Waals surface area contributed by atoms with Crippen molar-refractivity contribution in [3.63, 3.8) is 0 Å². The number of para-hydroxylation sites is 1. The zero-order valence-corrected chi connectivity index (χ0v) is 16.8. The van der Waals surface area contributed by atoms with Gasteiger partial charge >= 0.3 is 0 Å². The molecular formula is C22H29N3O3. The average molecular weight is 383 g/mol. The van der Waals surface area contributed by atoms with E-state index < -0.39 is 0 Å². The van der Waals surface area contributed by atoms with E-state index in [0.29, 0.717) is 13.2 Å². The van der Waals surface area contributed by atoms with E-state index in [-0.39, 0.29) is 24.9 Å². The maximum absolute atomic E-state index is 12.3. The number of carbonyl (C=O) groups excluding carboxylic acids is 2. The lowest BCUT2D eigenvalue weighted by molar-refractivity contribution is -0.123. The van der Waals surface area contributed by atoms with Crippen LogP contribution in [0.15, 0.2) is 48.5 Å². The number of nitrogens with one attached hydrogen (secondary N) is 2. The Morgan fingerprint density at radius 1 is 1.00 bits per heavy atom. The Morgan fingerprint density at radius 3 is 2.46 bits per heavy atom. The molecule has 0 spiro atoms. The number of benzene rings is 2. The minimum absolute atomic E-state index is 0.124.